The number of rotatable bonds is 4. The Morgan fingerprint density at radius 3 is 2.57 bits per heavy atom. The third-order valence-electron chi connectivity index (χ3n) is 5.24. The van der Waals surface area contributed by atoms with Gasteiger partial charge in [0.25, 0.3) is 5.91 Å². The van der Waals surface area contributed by atoms with E-state index in [1.807, 2.05) is 35.1 Å². The summed E-state index contributed by atoms with van der Waals surface area (Å²) >= 11 is 0. The van der Waals surface area contributed by atoms with Crippen molar-refractivity contribution in [2.75, 3.05) is 7.11 Å². The zero-order valence-corrected chi connectivity index (χ0v) is 16.3. The molecule has 3 aromatic rings. The van der Waals surface area contributed by atoms with Crippen LogP contribution in [0.1, 0.15) is 47.9 Å². The van der Waals surface area contributed by atoms with Crippen molar-refractivity contribution in [3.8, 4) is 11.4 Å². The van der Waals surface area contributed by atoms with Gasteiger partial charge in [-0.15, -0.1) is 0 Å². The zero-order chi connectivity index (χ0) is 19.7. The van der Waals surface area contributed by atoms with Crippen molar-refractivity contribution in [3.05, 3.63) is 71.8 Å². The van der Waals surface area contributed by atoms with Gasteiger partial charge in [0.2, 0.25) is 0 Å². The average Bonchev–Trinajstić information content (AvgIpc) is 3.11. The van der Waals surface area contributed by atoms with Crippen molar-refractivity contribution in [1.82, 2.24) is 20.1 Å². The number of carbonyl (C=O) groups excluding carboxylic acids is 1. The molecule has 0 saturated carbocycles. The van der Waals surface area contributed by atoms with Gasteiger partial charge in [0.1, 0.15) is 5.75 Å². The van der Waals surface area contributed by atoms with Crippen LogP contribution in [0.4, 0.5) is 0 Å². The minimum Gasteiger partial charge on any atom is -0.497 e. The molecule has 4 rings (SSSR count). The van der Waals surface area contributed by atoms with Gasteiger partial charge in [0.15, 0.2) is 0 Å². The third kappa shape index (κ3) is 3.50. The lowest BCUT2D eigenvalue weighted by atomic mass is 9.74. The summed E-state index contributed by atoms with van der Waals surface area (Å²) in [5, 5.41) is 7.82. The van der Waals surface area contributed by atoms with E-state index in [-0.39, 0.29) is 17.4 Å². The van der Waals surface area contributed by atoms with E-state index in [0.29, 0.717) is 5.56 Å². The number of methoxy groups -OCH3 is 1. The number of carbonyl (C=O) groups is 1. The number of amides is 1. The van der Waals surface area contributed by atoms with Crippen LogP contribution in [-0.4, -0.2) is 27.8 Å². The number of ether oxygens (including phenoxy) is 1. The monoisotopic (exact) mass is 376 g/mol. The second-order valence-corrected chi connectivity index (χ2v) is 7.96. The second-order valence-electron chi connectivity index (χ2n) is 7.96. The molecule has 1 aliphatic carbocycles. The topological polar surface area (TPSA) is 69.0 Å². The van der Waals surface area contributed by atoms with Crippen molar-refractivity contribution >= 4 is 5.91 Å². The Morgan fingerprint density at radius 1 is 1.18 bits per heavy atom. The molecular weight excluding hydrogens is 352 g/mol. The Kier molecular flexibility index (Phi) is 4.63. The molecule has 1 aromatic carbocycles. The molecule has 1 N–H and O–H groups in total. The average molecular weight is 376 g/mol. The molecule has 144 valence electrons. The molecule has 0 saturated heterocycles. The Hall–Kier alpha value is -3.15. The highest BCUT2D eigenvalue weighted by Gasteiger charge is 2.36. The summed E-state index contributed by atoms with van der Waals surface area (Å²) in [5.41, 5.74) is 3.87. The van der Waals surface area contributed by atoms with Gasteiger partial charge in [0, 0.05) is 23.5 Å². The summed E-state index contributed by atoms with van der Waals surface area (Å²) in [6, 6.07) is 11.2. The summed E-state index contributed by atoms with van der Waals surface area (Å²) < 4.78 is 7.23. The summed E-state index contributed by atoms with van der Waals surface area (Å²) in [6.45, 7) is 4.46. The number of hydrogen-bond donors (Lipinski definition) is 1. The van der Waals surface area contributed by atoms with Gasteiger partial charge < -0.3 is 10.1 Å². The summed E-state index contributed by atoms with van der Waals surface area (Å²) in [4.78, 5) is 16.7. The number of aromatic nitrogens is 3. The molecule has 0 fully saturated rings. The minimum atomic E-state index is -0.0896. The molecule has 0 unspecified atom stereocenters. The van der Waals surface area contributed by atoms with E-state index in [0.717, 1.165) is 35.5 Å². The first-order valence-electron chi connectivity index (χ1n) is 9.39. The van der Waals surface area contributed by atoms with E-state index >= 15 is 0 Å². The molecular formula is C22H24N4O2. The first-order valence-corrected chi connectivity index (χ1v) is 9.39. The lowest BCUT2D eigenvalue weighted by Gasteiger charge is -2.36. The lowest BCUT2D eigenvalue weighted by Crippen LogP contribution is -2.36. The van der Waals surface area contributed by atoms with Crippen molar-refractivity contribution in [1.29, 1.82) is 0 Å². The maximum Gasteiger partial charge on any atom is 0.251 e. The van der Waals surface area contributed by atoms with Crippen molar-refractivity contribution in [3.63, 3.8) is 0 Å². The van der Waals surface area contributed by atoms with E-state index in [1.54, 1.807) is 31.6 Å². The number of hydrogen-bond acceptors (Lipinski definition) is 4. The predicted octanol–water partition coefficient (Wildman–Crippen LogP) is 3.72. The first kappa shape index (κ1) is 18.2. The normalized spacial score (nSPS) is 17.6. The smallest absolute Gasteiger partial charge is 0.251 e. The lowest BCUT2D eigenvalue weighted by molar-refractivity contribution is 0.0919. The molecule has 2 aromatic heterocycles. The van der Waals surface area contributed by atoms with Gasteiger partial charge in [-0.25, -0.2) is 4.68 Å². The van der Waals surface area contributed by atoms with Gasteiger partial charge in [0.05, 0.1) is 30.7 Å². The fourth-order valence-corrected chi connectivity index (χ4v) is 3.86. The summed E-state index contributed by atoms with van der Waals surface area (Å²) in [6.07, 6.45) is 6.91. The summed E-state index contributed by atoms with van der Waals surface area (Å²) in [7, 11) is 1.66. The van der Waals surface area contributed by atoms with Gasteiger partial charge in [-0.3, -0.25) is 9.78 Å². The highest BCUT2D eigenvalue weighted by atomic mass is 16.5. The Bertz CT molecular complexity index is 978. The van der Waals surface area contributed by atoms with Crippen LogP contribution in [-0.2, 0) is 6.42 Å². The standard InChI is InChI=1S/C22H24N4O2/c1-22(2)12-19(25-21(27)15-8-10-23-11-9-15)18-14-24-26(20(18)13-22)16-4-6-17(28-3)7-5-16/h4-11,14,19H,12-13H2,1-3H3,(H,25,27)/t19-/m1/s1. The van der Waals surface area contributed by atoms with E-state index in [4.69, 9.17) is 4.74 Å². The molecule has 0 aliphatic heterocycles. The second kappa shape index (κ2) is 7.11. The Morgan fingerprint density at radius 2 is 1.89 bits per heavy atom. The van der Waals surface area contributed by atoms with Crippen molar-refractivity contribution in [2.45, 2.75) is 32.7 Å². The SMILES string of the molecule is COc1ccc(-n2ncc3c2CC(C)(C)C[C@H]3NC(=O)c2ccncc2)cc1. The van der Waals surface area contributed by atoms with Crippen LogP contribution in [0.25, 0.3) is 5.69 Å². The summed E-state index contributed by atoms with van der Waals surface area (Å²) in [5.74, 6) is 0.723. The molecule has 28 heavy (non-hydrogen) atoms. The van der Waals surface area contributed by atoms with Crippen LogP contribution in [0.3, 0.4) is 0 Å². The van der Waals surface area contributed by atoms with E-state index < -0.39 is 0 Å². The molecule has 0 radical (unpaired) electrons. The van der Waals surface area contributed by atoms with Crippen molar-refractivity contribution < 1.29 is 9.53 Å². The van der Waals surface area contributed by atoms with Crippen molar-refractivity contribution in [2.24, 2.45) is 5.41 Å². The Balaban J connectivity index is 1.67. The molecule has 0 bridgehead atoms. The quantitative estimate of drug-likeness (QED) is 0.753. The number of nitrogens with one attached hydrogen (secondary N) is 1. The van der Waals surface area contributed by atoms with Gasteiger partial charge in [-0.1, -0.05) is 13.8 Å². The maximum absolute atomic E-state index is 12.7. The van der Waals surface area contributed by atoms with Crippen LogP contribution in [0, 0.1) is 5.41 Å². The largest absolute Gasteiger partial charge is 0.497 e. The number of pyridine rings is 1. The molecule has 1 amide bonds. The highest BCUT2D eigenvalue weighted by Crippen LogP contribution is 2.41. The third-order valence-corrected chi connectivity index (χ3v) is 5.24. The van der Waals surface area contributed by atoms with E-state index in [2.05, 4.69) is 29.2 Å². The zero-order valence-electron chi connectivity index (χ0n) is 16.3. The van der Waals surface area contributed by atoms with E-state index in [1.165, 1.54) is 0 Å². The maximum atomic E-state index is 12.7. The molecule has 1 atom stereocenters. The minimum absolute atomic E-state index is 0.0491. The Labute approximate surface area is 164 Å². The molecule has 6 nitrogen and oxygen atoms in total. The van der Waals surface area contributed by atoms with Gasteiger partial charge >= 0.3 is 0 Å². The van der Waals surface area contributed by atoms with Crippen LogP contribution in [0.5, 0.6) is 5.75 Å². The predicted molar refractivity (Wildman–Crippen MR) is 107 cm³/mol. The van der Waals surface area contributed by atoms with Crippen LogP contribution < -0.4 is 10.1 Å². The van der Waals surface area contributed by atoms with Crippen LogP contribution in [0.15, 0.2) is 55.0 Å². The van der Waals surface area contributed by atoms with Crippen LogP contribution in [0.2, 0.25) is 0 Å². The van der Waals surface area contributed by atoms with Crippen LogP contribution >= 0.6 is 0 Å². The molecule has 6 heteroatoms. The van der Waals surface area contributed by atoms with Gasteiger partial charge in [-0.05, 0) is 54.7 Å². The number of nitrogens with zero attached hydrogens (tertiary/aromatic N) is 3. The molecule has 2 heterocycles. The molecule has 0 spiro atoms. The fraction of sp³-hybridized carbons (Fsp3) is 0.318. The molecule has 1 aliphatic rings. The first-order chi connectivity index (χ1) is 13.5. The van der Waals surface area contributed by atoms with Gasteiger partial charge in [-0.2, -0.15) is 5.10 Å². The fourth-order valence-electron chi connectivity index (χ4n) is 3.86. The van der Waals surface area contributed by atoms with E-state index in [9.17, 15) is 4.79 Å². The number of fused-ring (bicyclic) bond motifs is 1. The highest BCUT2D eigenvalue weighted by molar-refractivity contribution is 5.94. The number of benzene rings is 1.